The van der Waals surface area contributed by atoms with Crippen molar-refractivity contribution in [1.29, 1.82) is 0 Å². The van der Waals surface area contributed by atoms with Crippen molar-refractivity contribution < 1.29 is 13.9 Å². The van der Waals surface area contributed by atoms with E-state index in [1.165, 1.54) is 0 Å². The van der Waals surface area contributed by atoms with E-state index in [1.54, 1.807) is 13.4 Å². The molecule has 2 aromatic heterocycles. The highest BCUT2D eigenvalue weighted by molar-refractivity contribution is 5.79. The normalized spacial score (nSPS) is 22.1. The number of rotatable bonds is 6. The fraction of sp³-hybridized carbons (Fsp3) is 0.632. The standard InChI is InChI=1S/C19H27N5O3/c1-22-7-5-15(6-8-22)24-19(20-18(21-24)16-4-3-10-27-16)14-12-17(25)23(13-14)9-11-26-2/h3-4,10,14-15H,5-9,11-13H2,1-2H3. The quantitative estimate of drug-likeness (QED) is 0.768. The second-order valence-corrected chi connectivity index (χ2v) is 7.48. The van der Waals surface area contributed by atoms with Crippen LogP contribution in [0.1, 0.15) is 37.0 Å². The Morgan fingerprint density at radius 3 is 2.85 bits per heavy atom. The van der Waals surface area contributed by atoms with Gasteiger partial charge in [-0.1, -0.05) is 0 Å². The van der Waals surface area contributed by atoms with Crippen molar-refractivity contribution in [3.8, 4) is 11.6 Å². The number of piperidine rings is 1. The second kappa shape index (κ2) is 7.82. The van der Waals surface area contributed by atoms with Crippen molar-refractivity contribution in [3.05, 3.63) is 24.2 Å². The number of furan rings is 1. The lowest BCUT2D eigenvalue weighted by Crippen LogP contribution is -2.33. The predicted octanol–water partition coefficient (Wildman–Crippen LogP) is 1.77. The summed E-state index contributed by atoms with van der Waals surface area (Å²) in [4.78, 5) is 21.4. The van der Waals surface area contributed by atoms with E-state index in [9.17, 15) is 4.79 Å². The number of likely N-dealkylation sites (tertiary alicyclic amines) is 2. The Morgan fingerprint density at radius 2 is 2.15 bits per heavy atom. The summed E-state index contributed by atoms with van der Waals surface area (Å²) in [6.07, 6.45) is 4.19. The molecule has 1 unspecified atom stereocenters. The Balaban J connectivity index is 1.61. The van der Waals surface area contributed by atoms with Gasteiger partial charge in [0.25, 0.3) is 0 Å². The highest BCUT2D eigenvalue weighted by Gasteiger charge is 2.36. The van der Waals surface area contributed by atoms with Crippen LogP contribution >= 0.6 is 0 Å². The van der Waals surface area contributed by atoms with Gasteiger partial charge in [-0.3, -0.25) is 4.79 Å². The summed E-state index contributed by atoms with van der Waals surface area (Å²) in [6, 6.07) is 4.04. The van der Waals surface area contributed by atoms with Gasteiger partial charge >= 0.3 is 0 Å². The van der Waals surface area contributed by atoms with Crippen molar-refractivity contribution in [3.63, 3.8) is 0 Å². The Kier molecular flexibility index (Phi) is 5.27. The molecule has 2 aromatic rings. The van der Waals surface area contributed by atoms with Crippen molar-refractivity contribution >= 4 is 5.91 Å². The van der Waals surface area contributed by atoms with Crippen LogP contribution < -0.4 is 0 Å². The number of amides is 1. The summed E-state index contributed by atoms with van der Waals surface area (Å²) in [5, 5.41) is 4.80. The average molecular weight is 373 g/mol. The minimum Gasteiger partial charge on any atom is -0.461 e. The zero-order valence-electron chi connectivity index (χ0n) is 16.0. The first-order chi connectivity index (χ1) is 13.2. The van der Waals surface area contributed by atoms with E-state index < -0.39 is 0 Å². The molecule has 8 heteroatoms. The molecule has 2 saturated heterocycles. The molecule has 2 fully saturated rings. The SMILES string of the molecule is COCCN1CC(c2nc(-c3ccco3)nn2C2CCN(C)CC2)CC1=O. The molecule has 8 nitrogen and oxygen atoms in total. The summed E-state index contributed by atoms with van der Waals surface area (Å²) in [6.45, 7) is 3.94. The lowest BCUT2D eigenvalue weighted by Gasteiger charge is -2.30. The van der Waals surface area contributed by atoms with Gasteiger partial charge in [0.1, 0.15) is 5.82 Å². The summed E-state index contributed by atoms with van der Waals surface area (Å²) in [5.74, 6) is 2.41. The maximum Gasteiger partial charge on any atom is 0.223 e. The van der Waals surface area contributed by atoms with Gasteiger partial charge in [0.2, 0.25) is 11.7 Å². The van der Waals surface area contributed by atoms with Crippen LogP contribution in [0.5, 0.6) is 0 Å². The molecule has 27 heavy (non-hydrogen) atoms. The molecule has 0 radical (unpaired) electrons. The lowest BCUT2D eigenvalue weighted by atomic mass is 10.0. The Hall–Kier alpha value is -2.19. The summed E-state index contributed by atoms with van der Waals surface area (Å²) >= 11 is 0. The third kappa shape index (κ3) is 3.77. The lowest BCUT2D eigenvalue weighted by molar-refractivity contribution is -0.128. The van der Waals surface area contributed by atoms with E-state index in [0.717, 1.165) is 31.8 Å². The van der Waals surface area contributed by atoms with Gasteiger partial charge in [0, 0.05) is 32.5 Å². The number of aromatic nitrogens is 3. The number of hydrogen-bond donors (Lipinski definition) is 0. The maximum atomic E-state index is 12.4. The first kappa shape index (κ1) is 18.2. The Bertz CT molecular complexity index is 764. The summed E-state index contributed by atoms with van der Waals surface area (Å²) < 4.78 is 12.7. The van der Waals surface area contributed by atoms with E-state index in [-0.39, 0.29) is 11.8 Å². The van der Waals surface area contributed by atoms with Gasteiger partial charge < -0.3 is 19.0 Å². The van der Waals surface area contributed by atoms with Gasteiger partial charge in [-0.15, -0.1) is 5.10 Å². The molecule has 4 heterocycles. The monoisotopic (exact) mass is 373 g/mol. The third-order valence-corrected chi connectivity index (χ3v) is 5.58. The molecule has 4 rings (SSSR count). The van der Waals surface area contributed by atoms with Crippen LogP contribution in [0, 0.1) is 0 Å². The van der Waals surface area contributed by atoms with E-state index in [1.807, 2.05) is 17.0 Å². The molecule has 0 aliphatic carbocycles. The van der Waals surface area contributed by atoms with Crippen LogP contribution in [0.3, 0.4) is 0 Å². The van der Waals surface area contributed by atoms with Crippen molar-refractivity contribution in [2.24, 2.45) is 0 Å². The predicted molar refractivity (Wildman–Crippen MR) is 99.3 cm³/mol. The van der Waals surface area contributed by atoms with Crippen LogP contribution in [0.25, 0.3) is 11.6 Å². The van der Waals surface area contributed by atoms with Crippen LogP contribution in [0.4, 0.5) is 0 Å². The minimum absolute atomic E-state index is 0.0604. The molecule has 2 aliphatic rings. The number of carbonyl (C=O) groups excluding carboxylic acids is 1. The van der Waals surface area contributed by atoms with Crippen LogP contribution in [-0.4, -0.2) is 77.4 Å². The molecule has 2 aliphatic heterocycles. The van der Waals surface area contributed by atoms with Gasteiger partial charge in [-0.05, 0) is 45.1 Å². The molecule has 1 atom stereocenters. The molecule has 0 bridgehead atoms. The van der Waals surface area contributed by atoms with Crippen molar-refractivity contribution in [2.45, 2.75) is 31.2 Å². The highest BCUT2D eigenvalue weighted by atomic mass is 16.5. The van der Waals surface area contributed by atoms with Gasteiger partial charge in [0.05, 0.1) is 18.9 Å². The Labute approximate surface area is 159 Å². The van der Waals surface area contributed by atoms with E-state index in [0.29, 0.717) is 43.7 Å². The number of nitrogens with zero attached hydrogens (tertiary/aromatic N) is 5. The number of methoxy groups -OCH3 is 1. The summed E-state index contributed by atoms with van der Waals surface area (Å²) in [7, 11) is 3.81. The number of carbonyl (C=O) groups is 1. The van der Waals surface area contributed by atoms with Gasteiger partial charge in [-0.2, -0.15) is 0 Å². The van der Waals surface area contributed by atoms with Crippen LogP contribution in [0.15, 0.2) is 22.8 Å². The molecule has 0 N–H and O–H groups in total. The Morgan fingerprint density at radius 1 is 1.33 bits per heavy atom. The van der Waals surface area contributed by atoms with Crippen LogP contribution in [0.2, 0.25) is 0 Å². The molecule has 1 amide bonds. The van der Waals surface area contributed by atoms with Crippen molar-refractivity contribution in [2.75, 3.05) is 46.9 Å². The average Bonchev–Trinajstić information content (AvgIpc) is 3.40. The first-order valence-electron chi connectivity index (χ1n) is 9.61. The molecular weight excluding hydrogens is 346 g/mol. The summed E-state index contributed by atoms with van der Waals surface area (Å²) in [5.41, 5.74) is 0. The first-order valence-corrected chi connectivity index (χ1v) is 9.61. The second-order valence-electron chi connectivity index (χ2n) is 7.48. The van der Waals surface area contributed by atoms with E-state index in [2.05, 4.69) is 16.6 Å². The van der Waals surface area contributed by atoms with Crippen molar-refractivity contribution in [1.82, 2.24) is 24.6 Å². The maximum absolute atomic E-state index is 12.4. The molecule has 0 saturated carbocycles. The number of ether oxygens (including phenoxy) is 1. The van der Waals surface area contributed by atoms with E-state index >= 15 is 0 Å². The van der Waals surface area contributed by atoms with Gasteiger partial charge in [0.15, 0.2) is 5.76 Å². The molecule has 146 valence electrons. The van der Waals surface area contributed by atoms with Crippen LogP contribution in [-0.2, 0) is 9.53 Å². The van der Waals surface area contributed by atoms with E-state index in [4.69, 9.17) is 19.2 Å². The minimum atomic E-state index is 0.0604. The molecule has 0 aromatic carbocycles. The molecular formula is C19H27N5O3. The zero-order chi connectivity index (χ0) is 18.8. The van der Waals surface area contributed by atoms with Gasteiger partial charge in [-0.25, -0.2) is 9.67 Å². The molecule has 0 spiro atoms. The number of hydrogen-bond acceptors (Lipinski definition) is 6. The fourth-order valence-corrected chi connectivity index (χ4v) is 3.99. The fourth-order valence-electron chi connectivity index (χ4n) is 3.99. The highest BCUT2D eigenvalue weighted by Crippen LogP contribution is 2.33. The topological polar surface area (TPSA) is 76.6 Å². The smallest absolute Gasteiger partial charge is 0.223 e. The third-order valence-electron chi connectivity index (χ3n) is 5.58. The zero-order valence-corrected chi connectivity index (χ0v) is 16.0. The largest absolute Gasteiger partial charge is 0.461 e.